The Labute approximate surface area is 76.0 Å². The molecule has 0 spiro atoms. The van der Waals surface area contributed by atoms with Crippen molar-refractivity contribution < 1.29 is 19.4 Å². The number of rotatable bonds is 3. The Hall–Kier alpha value is -0.850. The second kappa shape index (κ2) is 5.00. The molecule has 0 radical (unpaired) electrons. The highest BCUT2D eigenvalue weighted by Crippen LogP contribution is 2.07. The molecule has 1 heterocycles. The van der Waals surface area contributed by atoms with Gasteiger partial charge in [-0.15, -0.1) is 0 Å². The van der Waals surface area contributed by atoms with E-state index in [0.717, 1.165) is 0 Å². The third kappa shape index (κ3) is 3.58. The molecule has 6 nitrogen and oxygen atoms in total. The van der Waals surface area contributed by atoms with Crippen LogP contribution in [0.1, 0.15) is 6.42 Å². The predicted octanol–water partition coefficient (Wildman–Crippen LogP) is -0.656. The van der Waals surface area contributed by atoms with Crippen LogP contribution in [-0.4, -0.2) is 43.3 Å². The van der Waals surface area contributed by atoms with Crippen molar-refractivity contribution >= 4 is 6.09 Å². The van der Waals surface area contributed by atoms with Crippen LogP contribution in [0, 0.1) is 0 Å². The minimum Gasteiger partial charge on any atom is -0.465 e. The number of nitrogens with two attached hydrogens (primary N) is 1. The fourth-order valence-electron chi connectivity index (χ4n) is 1.10. The zero-order valence-electron chi connectivity index (χ0n) is 7.23. The lowest BCUT2D eigenvalue weighted by Crippen LogP contribution is -2.46. The van der Waals surface area contributed by atoms with Crippen molar-refractivity contribution in [2.75, 3.05) is 19.8 Å². The summed E-state index contributed by atoms with van der Waals surface area (Å²) in [4.78, 5) is 10.2. The minimum absolute atomic E-state index is 0.272. The summed E-state index contributed by atoms with van der Waals surface area (Å²) in [5.74, 6) is 0. The van der Waals surface area contributed by atoms with E-state index >= 15 is 0 Å². The van der Waals surface area contributed by atoms with Gasteiger partial charge < -0.3 is 25.6 Å². The molecule has 0 aliphatic carbocycles. The maximum atomic E-state index is 10.2. The lowest BCUT2D eigenvalue weighted by atomic mass is 10.3. The Balaban J connectivity index is 2.18. The summed E-state index contributed by atoms with van der Waals surface area (Å²) >= 11 is 0. The molecule has 0 aromatic heterocycles. The van der Waals surface area contributed by atoms with Crippen LogP contribution in [0.3, 0.4) is 0 Å². The van der Waals surface area contributed by atoms with Crippen LogP contribution >= 0.6 is 0 Å². The van der Waals surface area contributed by atoms with E-state index in [0.29, 0.717) is 26.2 Å². The van der Waals surface area contributed by atoms with E-state index < -0.39 is 6.09 Å². The van der Waals surface area contributed by atoms with Crippen molar-refractivity contribution in [3.8, 4) is 0 Å². The summed E-state index contributed by atoms with van der Waals surface area (Å²) in [5, 5.41) is 10.7. The quantitative estimate of drug-likeness (QED) is 0.549. The SMILES string of the molecule is NCCC1OCC(NC(=O)O)CO1. The molecule has 0 saturated carbocycles. The van der Waals surface area contributed by atoms with Crippen molar-refractivity contribution in [1.29, 1.82) is 0 Å². The first-order chi connectivity index (χ1) is 6.22. The number of hydrogen-bond acceptors (Lipinski definition) is 4. The number of nitrogens with one attached hydrogen (secondary N) is 1. The normalized spacial score (nSPS) is 28.4. The van der Waals surface area contributed by atoms with Gasteiger partial charge in [0, 0.05) is 6.42 Å². The Kier molecular flexibility index (Phi) is 3.94. The third-order valence-electron chi connectivity index (χ3n) is 1.70. The van der Waals surface area contributed by atoms with E-state index in [1.54, 1.807) is 0 Å². The largest absolute Gasteiger partial charge is 0.465 e. The highest BCUT2D eigenvalue weighted by molar-refractivity contribution is 5.64. The van der Waals surface area contributed by atoms with Gasteiger partial charge in [-0.1, -0.05) is 0 Å². The predicted molar refractivity (Wildman–Crippen MR) is 44.3 cm³/mol. The Morgan fingerprint density at radius 1 is 1.54 bits per heavy atom. The molecular weight excluding hydrogens is 176 g/mol. The summed E-state index contributed by atoms with van der Waals surface area (Å²) in [7, 11) is 0. The molecule has 1 aliphatic rings. The van der Waals surface area contributed by atoms with Crippen LogP contribution in [0.25, 0.3) is 0 Å². The van der Waals surface area contributed by atoms with Crippen LogP contribution in [0.4, 0.5) is 4.79 Å². The van der Waals surface area contributed by atoms with E-state index in [4.69, 9.17) is 20.3 Å². The van der Waals surface area contributed by atoms with Crippen LogP contribution in [-0.2, 0) is 9.47 Å². The Morgan fingerprint density at radius 3 is 2.62 bits per heavy atom. The number of amides is 1. The van der Waals surface area contributed by atoms with Gasteiger partial charge in [0.2, 0.25) is 0 Å². The zero-order valence-corrected chi connectivity index (χ0v) is 7.23. The smallest absolute Gasteiger partial charge is 0.405 e. The van der Waals surface area contributed by atoms with E-state index in [1.807, 2.05) is 0 Å². The fourth-order valence-corrected chi connectivity index (χ4v) is 1.10. The minimum atomic E-state index is -1.06. The van der Waals surface area contributed by atoms with Gasteiger partial charge >= 0.3 is 6.09 Å². The highest BCUT2D eigenvalue weighted by Gasteiger charge is 2.22. The van der Waals surface area contributed by atoms with Gasteiger partial charge in [-0.25, -0.2) is 4.79 Å². The summed E-state index contributed by atoms with van der Waals surface area (Å²) in [6.07, 6.45) is -0.703. The number of carboxylic acid groups (broad SMARTS) is 1. The molecule has 1 amide bonds. The molecule has 76 valence electrons. The molecule has 4 N–H and O–H groups in total. The molecule has 1 rings (SSSR count). The maximum Gasteiger partial charge on any atom is 0.405 e. The Morgan fingerprint density at radius 2 is 2.15 bits per heavy atom. The molecule has 13 heavy (non-hydrogen) atoms. The average Bonchev–Trinajstić information content (AvgIpc) is 2.08. The van der Waals surface area contributed by atoms with Crippen LogP contribution in [0.5, 0.6) is 0 Å². The number of ether oxygens (including phenoxy) is 2. The lowest BCUT2D eigenvalue weighted by molar-refractivity contribution is -0.189. The first-order valence-electron chi connectivity index (χ1n) is 4.15. The molecule has 0 aromatic rings. The monoisotopic (exact) mass is 190 g/mol. The van der Waals surface area contributed by atoms with Gasteiger partial charge in [0.15, 0.2) is 6.29 Å². The zero-order chi connectivity index (χ0) is 9.68. The van der Waals surface area contributed by atoms with Crippen LogP contribution < -0.4 is 11.1 Å². The van der Waals surface area contributed by atoms with Crippen LogP contribution in [0.15, 0.2) is 0 Å². The topological polar surface area (TPSA) is 93.8 Å². The summed E-state index contributed by atoms with van der Waals surface area (Å²) in [6, 6.07) is -0.272. The summed E-state index contributed by atoms with van der Waals surface area (Å²) in [6.45, 7) is 1.19. The molecule has 0 unspecified atom stereocenters. The first kappa shape index (κ1) is 10.2. The lowest BCUT2D eigenvalue weighted by Gasteiger charge is -2.28. The number of hydrogen-bond donors (Lipinski definition) is 3. The molecule has 1 aliphatic heterocycles. The van der Waals surface area contributed by atoms with Crippen molar-refractivity contribution in [3.05, 3.63) is 0 Å². The molecule has 0 aromatic carbocycles. The van der Waals surface area contributed by atoms with E-state index in [-0.39, 0.29) is 12.3 Å². The number of carbonyl (C=O) groups is 1. The molecule has 0 bridgehead atoms. The third-order valence-corrected chi connectivity index (χ3v) is 1.70. The first-order valence-corrected chi connectivity index (χ1v) is 4.15. The van der Waals surface area contributed by atoms with E-state index in [1.165, 1.54) is 0 Å². The summed E-state index contributed by atoms with van der Waals surface area (Å²) < 4.78 is 10.4. The van der Waals surface area contributed by atoms with Crippen LogP contribution in [0.2, 0.25) is 0 Å². The van der Waals surface area contributed by atoms with E-state index in [2.05, 4.69) is 5.32 Å². The van der Waals surface area contributed by atoms with Crippen molar-refractivity contribution in [1.82, 2.24) is 5.32 Å². The maximum absolute atomic E-state index is 10.2. The molecule has 1 fully saturated rings. The standard InChI is InChI=1S/C7H14N2O4/c8-2-1-6-12-3-5(4-13-6)9-7(10)11/h5-6,9H,1-4,8H2,(H,10,11). The van der Waals surface area contributed by atoms with Gasteiger partial charge in [-0.2, -0.15) is 0 Å². The second-order valence-corrected chi connectivity index (χ2v) is 2.82. The average molecular weight is 190 g/mol. The van der Waals surface area contributed by atoms with Gasteiger partial charge in [0.25, 0.3) is 0 Å². The van der Waals surface area contributed by atoms with Gasteiger partial charge in [0.1, 0.15) is 0 Å². The molecule has 6 heteroatoms. The highest BCUT2D eigenvalue weighted by atomic mass is 16.7. The Bertz CT molecular complexity index is 168. The fraction of sp³-hybridized carbons (Fsp3) is 0.857. The molecule has 1 saturated heterocycles. The van der Waals surface area contributed by atoms with Gasteiger partial charge in [-0.3, -0.25) is 0 Å². The molecule has 0 atom stereocenters. The van der Waals surface area contributed by atoms with E-state index in [9.17, 15) is 4.79 Å². The van der Waals surface area contributed by atoms with Gasteiger partial charge in [-0.05, 0) is 6.54 Å². The van der Waals surface area contributed by atoms with Crippen molar-refractivity contribution in [2.24, 2.45) is 5.73 Å². The summed E-state index contributed by atoms with van der Waals surface area (Å²) in [5.41, 5.74) is 5.30. The van der Waals surface area contributed by atoms with Gasteiger partial charge in [0.05, 0.1) is 19.3 Å². The van der Waals surface area contributed by atoms with Crippen molar-refractivity contribution in [2.45, 2.75) is 18.8 Å². The second-order valence-electron chi connectivity index (χ2n) is 2.82. The molecular formula is C7H14N2O4. The van der Waals surface area contributed by atoms with Crippen molar-refractivity contribution in [3.63, 3.8) is 0 Å².